The SMILES string of the molecule is CC(=O)O.CC(=O)O.CCO.[Na+].[OH-].[O]=[Zn].[Zn]. The Morgan fingerprint density at radius 3 is 1.06 bits per heavy atom. The van der Waals surface area contributed by atoms with Crippen molar-refractivity contribution in [2.24, 2.45) is 0 Å². The van der Waals surface area contributed by atoms with E-state index in [1.807, 2.05) is 0 Å². The van der Waals surface area contributed by atoms with Crippen LogP contribution in [0.3, 0.4) is 0 Å². The summed E-state index contributed by atoms with van der Waals surface area (Å²) in [5, 5.41) is 22.4. The Hall–Kier alpha value is 0.907. The second-order valence-corrected chi connectivity index (χ2v) is 1.35. The van der Waals surface area contributed by atoms with Crippen LogP contribution in [0.5, 0.6) is 0 Å². The summed E-state index contributed by atoms with van der Waals surface area (Å²) in [6.07, 6.45) is 0. The van der Waals surface area contributed by atoms with Gasteiger partial charge in [0.1, 0.15) is 0 Å². The molecule has 0 unspecified atom stereocenters. The fourth-order valence-electron chi connectivity index (χ4n) is 0. The second-order valence-electron chi connectivity index (χ2n) is 1.35. The molecule has 0 bridgehead atoms. The standard InChI is InChI=1S/2C2H4O2.C2H6O.Na.H2O.O.2Zn/c2*1-2(3)4;1-2-3;;;;;/h2*1H3,(H,3,4);3H,2H2,1H3;;1H2;;;/q;;;+1;;;;/p-1. The van der Waals surface area contributed by atoms with Crippen molar-refractivity contribution in [3.05, 3.63) is 0 Å². The molecular weight excluding hydrogens is 338 g/mol. The zero-order valence-corrected chi connectivity index (χ0v) is 18.1. The molecule has 0 saturated carbocycles. The quantitative estimate of drug-likeness (QED) is 0.391. The molecule has 0 aromatic carbocycles. The Bertz CT molecular complexity index is 105. The van der Waals surface area contributed by atoms with Crippen molar-refractivity contribution < 1.29 is 101 Å². The van der Waals surface area contributed by atoms with Gasteiger partial charge in [-0.15, -0.1) is 0 Å². The number of hydrogen-bond acceptors (Lipinski definition) is 5. The van der Waals surface area contributed by atoms with Crippen molar-refractivity contribution in [2.75, 3.05) is 6.61 Å². The van der Waals surface area contributed by atoms with Crippen molar-refractivity contribution in [3.8, 4) is 0 Å². The molecule has 0 aliphatic carbocycles. The molecule has 0 rings (SSSR count). The second kappa shape index (κ2) is 56.5. The average Bonchev–Trinajstić information content (AvgIpc) is 1.89. The van der Waals surface area contributed by atoms with Crippen LogP contribution in [0, 0.1) is 0 Å². The van der Waals surface area contributed by atoms with Crippen LogP contribution in [0.25, 0.3) is 0 Å². The van der Waals surface area contributed by atoms with Gasteiger partial charge in [0.15, 0.2) is 0 Å². The van der Waals surface area contributed by atoms with Crippen LogP contribution in [-0.4, -0.2) is 39.3 Å². The molecule has 0 atom stereocenters. The molecule has 0 amide bonds. The average molecular weight is 353 g/mol. The van der Waals surface area contributed by atoms with Crippen molar-refractivity contribution in [2.45, 2.75) is 20.8 Å². The minimum atomic E-state index is -0.833. The topological polar surface area (TPSA) is 142 Å². The van der Waals surface area contributed by atoms with E-state index in [1.54, 1.807) is 6.92 Å². The molecular formula is C6H15NaO7Zn2. The Labute approximate surface area is 139 Å². The molecule has 4 N–H and O–H groups in total. The summed E-state index contributed by atoms with van der Waals surface area (Å²) < 4.78 is 8.38. The first kappa shape index (κ1) is 43.6. The summed E-state index contributed by atoms with van der Waals surface area (Å²) in [6, 6.07) is 0. The molecule has 0 heterocycles. The van der Waals surface area contributed by atoms with Crippen molar-refractivity contribution in [1.82, 2.24) is 0 Å². The first-order valence-corrected chi connectivity index (χ1v) is 4.38. The monoisotopic (exact) mass is 350 g/mol. The number of rotatable bonds is 0. The zero-order valence-electron chi connectivity index (χ0n) is 10.1. The molecule has 0 aromatic heterocycles. The Kier molecular flexibility index (Phi) is 154. The van der Waals surface area contributed by atoms with Gasteiger partial charge in [-0.3, -0.25) is 9.59 Å². The summed E-state index contributed by atoms with van der Waals surface area (Å²) in [4.78, 5) is 18.0. The van der Waals surface area contributed by atoms with Crippen LogP contribution < -0.4 is 29.6 Å². The molecule has 0 saturated heterocycles. The van der Waals surface area contributed by atoms with Crippen LogP contribution >= 0.6 is 0 Å². The Morgan fingerprint density at radius 2 is 1.06 bits per heavy atom. The number of carbonyl (C=O) groups is 2. The molecule has 86 valence electrons. The van der Waals surface area contributed by atoms with Crippen LogP contribution in [0.1, 0.15) is 20.8 Å². The number of carboxylic acid groups (broad SMARTS) is 2. The fraction of sp³-hybridized carbons (Fsp3) is 0.667. The third-order valence-corrected chi connectivity index (χ3v) is 0. The van der Waals surface area contributed by atoms with E-state index < -0.39 is 11.9 Å². The molecule has 0 spiro atoms. The number of hydrogen-bond donors (Lipinski definition) is 3. The van der Waals surface area contributed by atoms with Gasteiger partial charge < -0.3 is 20.8 Å². The van der Waals surface area contributed by atoms with Gasteiger partial charge >= 0.3 is 51.4 Å². The van der Waals surface area contributed by atoms with Gasteiger partial charge in [-0.1, -0.05) is 0 Å². The van der Waals surface area contributed by atoms with Crippen molar-refractivity contribution in [1.29, 1.82) is 0 Å². The van der Waals surface area contributed by atoms with Gasteiger partial charge in [0.25, 0.3) is 11.9 Å². The summed E-state index contributed by atoms with van der Waals surface area (Å²) in [5.74, 6) is -1.67. The predicted octanol–water partition coefficient (Wildman–Crippen LogP) is -3.12. The smallest absolute Gasteiger partial charge is 0 e. The minimum Gasteiger partial charge on any atom is 0 e. The summed E-state index contributed by atoms with van der Waals surface area (Å²) in [6.45, 7) is 4.10. The van der Waals surface area contributed by atoms with Crippen LogP contribution in [0.15, 0.2) is 0 Å². The maximum absolute atomic E-state index is 9.00. The molecule has 0 aromatic rings. The first-order chi connectivity index (χ1) is 5.88. The van der Waals surface area contributed by atoms with E-state index in [4.69, 9.17) is 28.5 Å². The number of aliphatic hydroxyl groups is 1. The van der Waals surface area contributed by atoms with Gasteiger partial charge in [-0.25, -0.2) is 0 Å². The Morgan fingerprint density at radius 1 is 1.06 bits per heavy atom. The number of aliphatic hydroxyl groups excluding tert-OH is 1. The van der Waals surface area contributed by atoms with Crippen LogP contribution in [0.2, 0.25) is 0 Å². The summed E-state index contributed by atoms with van der Waals surface area (Å²) >= 11 is 0.125. The maximum atomic E-state index is 9.00. The Balaban J connectivity index is -0.0000000131. The van der Waals surface area contributed by atoms with Crippen molar-refractivity contribution >= 4 is 11.9 Å². The van der Waals surface area contributed by atoms with E-state index in [0.717, 1.165) is 13.8 Å². The van der Waals surface area contributed by atoms with E-state index in [0.29, 0.717) is 0 Å². The van der Waals surface area contributed by atoms with E-state index in [-0.39, 0.29) is 79.4 Å². The van der Waals surface area contributed by atoms with Crippen LogP contribution in [0.4, 0.5) is 0 Å². The number of carboxylic acids is 2. The van der Waals surface area contributed by atoms with Gasteiger partial charge in [-0.05, 0) is 6.92 Å². The minimum absolute atomic E-state index is 0. The van der Waals surface area contributed by atoms with E-state index >= 15 is 0 Å². The predicted molar refractivity (Wildman–Crippen MR) is 42.0 cm³/mol. The van der Waals surface area contributed by atoms with Crippen LogP contribution in [-0.2, 0) is 50.9 Å². The third-order valence-electron chi connectivity index (χ3n) is 0. The molecule has 0 aliphatic heterocycles. The molecule has 10 heteroatoms. The molecule has 16 heavy (non-hydrogen) atoms. The van der Waals surface area contributed by atoms with Gasteiger partial charge in [0, 0.05) is 39.9 Å². The molecule has 7 nitrogen and oxygen atoms in total. The summed E-state index contributed by atoms with van der Waals surface area (Å²) in [5.41, 5.74) is 0. The molecule has 0 radical (unpaired) electrons. The van der Waals surface area contributed by atoms with E-state index in [2.05, 4.69) is 0 Å². The van der Waals surface area contributed by atoms with E-state index in [1.165, 1.54) is 0 Å². The molecule has 0 aliphatic rings. The maximum Gasteiger partial charge on any atom is 0 e. The fourth-order valence-corrected chi connectivity index (χ4v) is 0. The summed E-state index contributed by atoms with van der Waals surface area (Å²) in [7, 11) is 0. The molecule has 0 fully saturated rings. The van der Waals surface area contributed by atoms with Gasteiger partial charge in [0.05, 0.1) is 0 Å². The van der Waals surface area contributed by atoms with E-state index in [9.17, 15) is 0 Å². The normalized spacial score (nSPS) is 4.62. The first-order valence-electron chi connectivity index (χ1n) is 3.17. The number of aliphatic carboxylic acids is 2. The largest absolute Gasteiger partial charge is 0 e. The third kappa shape index (κ3) is 3510. The van der Waals surface area contributed by atoms with Gasteiger partial charge in [-0.2, -0.15) is 0 Å². The van der Waals surface area contributed by atoms with Crippen molar-refractivity contribution in [3.63, 3.8) is 0 Å². The van der Waals surface area contributed by atoms with Gasteiger partial charge in [0.2, 0.25) is 0 Å². The zero-order chi connectivity index (χ0) is 11.9.